The van der Waals surface area contributed by atoms with Gasteiger partial charge in [-0.25, -0.2) is 0 Å². The van der Waals surface area contributed by atoms with Gasteiger partial charge in [0.15, 0.2) is 0 Å². The van der Waals surface area contributed by atoms with Crippen LogP contribution in [0.15, 0.2) is 46.7 Å². The van der Waals surface area contributed by atoms with Gasteiger partial charge in [0, 0.05) is 15.5 Å². The topological polar surface area (TPSA) is 20.2 Å². The van der Waals surface area contributed by atoms with Crippen molar-refractivity contribution in [2.75, 3.05) is 5.75 Å². The quantitative estimate of drug-likeness (QED) is 0.831. The second-order valence-electron chi connectivity index (χ2n) is 3.66. The minimum absolute atomic E-state index is 0.356. The van der Waals surface area contributed by atoms with Crippen LogP contribution in [0.3, 0.4) is 0 Å². The summed E-state index contributed by atoms with van der Waals surface area (Å²) in [4.78, 5) is 2.26. The van der Waals surface area contributed by atoms with Crippen molar-refractivity contribution in [1.82, 2.24) is 0 Å². The zero-order valence-corrected chi connectivity index (χ0v) is 10.7. The third kappa shape index (κ3) is 3.11. The van der Waals surface area contributed by atoms with Gasteiger partial charge in [0.25, 0.3) is 0 Å². The number of aliphatic hydroxyl groups excluding tert-OH is 1. The van der Waals surface area contributed by atoms with E-state index in [9.17, 15) is 5.11 Å². The van der Waals surface area contributed by atoms with E-state index in [1.165, 1.54) is 10.5 Å². The van der Waals surface area contributed by atoms with Crippen LogP contribution in [0, 0.1) is 6.92 Å². The molecule has 0 aliphatic carbocycles. The Bertz CT molecular complexity index is 437. The SMILES string of the molecule is Cc1cccc(SCC(O)c2cccs2)c1. The summed E-state index contributed by atoms with van der Waals surface area (Å²) in [7, 11) is 0. The van der Waals surface area contributed by atoms with Crippen LogP contribution in [0.4, 0.5) is 0 Å². The van der Waals surface area contributed by atoms with Gasteiger partial charge in [-0.05, 0) is 30.5 Å². The Morgan fingerprint density at radius 3 is 2.88 bits per heavy atom. The highest BCUT2D eigenvalue weighted by Crippen LogP contribution is 2.27. The highest BCUT2D eigenvalue weighted by atomic mass is 32.2. The Kier molecular flexibility index (Phi) is 4.04. The molecule has 0 aliphatic rings. The summed E-state index contributed by atoms with van der Waals surface area (Å²) in [6.45, 7) is 2.08. The molecule has 1 aromatic carbocycles. The number of aliphatic hydroxyl groups is 1. The van der Waals surface area contributed by atoms with E-state index >= 15 is 0 Å². The molecule has 1 N–H and O–H groups in total. The molecule has 2 rings (SSSR count). The monoisotopic (exact) mass is 250 g/mol. The molecule has 0 radical (unpaired) electrons. The number of aryl methyl sites for hydroxylation is 1. The lowest BCUT2D eigenvalue weighted by atomic mass is 10.2. The number of rotatable bonds is 4. The second-order valence-corrected chi connectivity index (χ2v) is 5.73. The molecule has 0 amide bonds. The van der Waals surface area contributed by atoms with Crippen molar-refractivity contribution in [1.29, 1.82) is 0 Å². The Morgan fingerprint density at radius 2 is 2.19 bits per heavy atom. The van der Waals surface area contributed by atoms with Crippen LogP contribution in [-0.4, -0.2) is 10.9 Å². The number of thiophene rings is 1. The van der Waals surface area contributed by atoms with Crippen molar-refractivity contribution in [3.05, 3.63) is 52.2 Å². The third-order valence-corrected chi connectivity index (χ3v) is 4.31. The van der Waals surface area contributed by atoms with Crippen LogP contribution in [0.2, 0.25) is 0 Å². The van der Waals surface area contributed by atoms with Gasteiger partial charge in [0.2, 0.25) is 0 Å². The predicted octanol–water partition coefficient (Wildman–Crippen LogP) is 3.88. The molecule has 0 fully saturated rings. The minimum Gasteiger partial charge on any atom is -0.387 e. The minimum atomic E-state index is -0.356. The molecule has 1 nitrogen and oxygen atoms in total. The van der Waals surface area contributed by atoms with E-state index in [1.807, 2.05) is 17.5 Å². The molecule has 3 heteroatoms. The summed E-state index contributed by atoms with van der Waals surface area (Å²) in [6.07, 6.45) is -0.356. The lowest BCUT2D eigenvalue weighted by Crippen LogP contribution is -1.97. The van der Waals surface area contributed by atoms with Gasteiger partial charge >= 0.3 is 0 Å². The first-order valence-electron chi connectivity index (χ1n) is 5.16. The first-order chi connectivity index (χ1) is 7.75. The summed E-state index contributed by atoms with van der Waals surface area (Å²) in [5.74, 6) is 0.712. The average Bonchev–Trinajstić information content (AvgIpc) is 2.79. The molecule has 1 atom stereocenters. The average molecular weight is 250 g/mol. The van der Waals surface area contributed by atoms with Gasteiger partial charge in [0.05, 0.1) is 6.10 Å². The van der Waals surface area contributed by atoms with Gasteiger partial charge in [-0.3, -0.25) is 0 Å². The zero-order valence-electron chi connectivity index (χ0n) is 9.09. The van der Waals surface area contributed by atoms with E-state index in [4.69, 9.17) is 0 Å². The predicted molar refractivity (Wildman–Crippen MR) is 71.2 cm³/mol. The second kappa shape index (κ2) is 5.53. The molecular formula is C13H14OS2. The summed E-state index contributed by atoms with van der Waals surface area (Å²) in [5.41, 5.74) is 1.26. The van der Waals surface area contributed by atoms with Crippen molar-refractivity contribution in [2.24, 2.45) is 0 Å². The number of hydrogen-bond donors (Lipinski definition) is 1. The normalized spacial score (nSPS) is 12.6. The van der Waals surface area contributed by atoms with E-state index in [2.05, 4.69) is 31.2 Å². The van der Waals surface area contributed by atoms with Crippen LogP contribution in [0.5, 0.6) is 0 Å². The number of hydrogen-bond acceptors (Lipinski definition) is 3. The Hall–Kier alpha value is -0.770. The summed E-state index contributed by atoms with van der Waals surface area (Å²) in [6, 6.07) is 12.3. The number of benzene rings is 1. The Morgan fingerprint density at radius 1 is 1.31 bits per heavy atom. The summed E-state index contributed by atoms with van der Waals surface area (Å²) >= 11 is 3.30. The van der Waals surface area contributed by atoms with Crippen molar-refractivity contribution >= 4 is 23.1 Å². The lowest BCUT2D eigenvalue weighted by molar-refractivity contribution is 0.208. The molecule has 0 saturated carbocycles. The molecule has 1 unspecified atom stereocenters. The van der Waals surface area contributed by atoms with Gasteiger partial charge < -0.3 is 5.11 Å². The van der Waals surface area contributed by atoms with Crippen molar-refractivity contribution in [3.8, 4) is 0 Å². The van der Waals surface area contributed by atoms with Crippen LogP contribution in [0.25, 0.3) is 0 Å². The van der Waals surface area contributed by atoms with Gasteiger partial charge in [-0.1, -0.05) is 23.8 Å². The van der Waals surface area contributed by atoms with E-state index < -0.39 is 0 Å². The summed E-state index contributed by atoms with van der Waals surface area (Å²) in [5, 5.41) is 11.9. The van der Waals surface area contributed by atoms with Crippen LogP contribution in [0.1, 0.15) is 16.5 Å². The Labute approximate surface area is 104 Å². The molecule has 0 spiro atoms. The maximum absolute atomic E-state index is 9.93. The van der Waals surface area contributed by atoms with E-state index in [-0.39, 0.29) is 6.10 Å². The summed E-state index contributed by atoms with van der Waals surface area (Å²) < 4.78 is 0. The standard InChI is InChI=1S/C13H14OS2/c1-10-4-2-5-11(8-10)16-9-12(14)13-6-3-7-15-13/h2-8,12,14H,9H2,1H3. The van der Waals surface area contributed by atoms with E-state index in [0.717, 1.165) is 4.88 Å². The molecule has 16 heavy (non-hydrogen) atoms. The molecule has 1 heterocycles. The first kappa shape index (κ1) is 11.7. The molecule has 0 saturated heterocycles. The van der Waals surface area contributed by atoms with E-state index in [0.29, 0.717) is 5.75 Å². The first-order valence-corrected chi connectivity index (χ1v) is 7.03. The largest absolute Gasteiger partial charge is 0.387 e. The third-order valence-electron chi connectivity index (χ3n) is 2.27. The molecule has 0 aliphatic heterocycles. The van der Waals surface area contributed by atoms with Crippen molar-refractivity contribution < 1.29 is 5.11 Å². The molecular weight excluding hydrogens is 236 g/mol. The highest BCUT2D eigenvalue weighted by Gasteiger charge is 2.08. The van der Waals surface area contributed by atoms with Crippen molar-refractivity contribution in [2.45, 2.75) is 17.9 Å². The maximum atomic E-state index is 9.93. The Balaban J connectivity index is 1.92. The van der Waals surface area contributed by atoms with Crippen LogP contribution < -0.4 is 0 Å². The fraction of sp³-hybridized carbons (Fsp3) is 0.231. The molecule has 1 aromatic heterocycles. The lowest BCUT2D eigenvalue weighted by Gasteiger charge is -2.08. The van der Waals surface area contributed by atoms with Gasteiger partial charge in [-0.15, -0.1) is 23.1 Å². The van der Waals surface area contributed by atoms with Gasteiger partial charge in [-0.2, -0.15) is 0 Å². The van der Waals surface area contributed by atoms with Crippen LogP contribution >= 0.6 is 23.1 Å². The van der Waals surface area contributed by atoms with Gasteiger partial charge in [0.1, 0.15) is 0 Å². The maximum Gasteiger partial charge on any atom is 0.0975 e. The zero-order chi connectivity index (χ0) is 11.4. The smallest absolute Gasteiger partial charge is 0.0975 e. The highest BCUT2D eigenvalue weighted by molar-refractivity contribution is 7.99. The molecule has 84 valence electrons. The van der Waals surface area contributed by atoms with Crippen LogP contribution in [-0.2, 0) is 0 Å². The van der Waals surface area contributed by atoms with E-state index in [1.54, 1.807) is 23.1 Å². The fourth-order valence-corrected chi connectivity index (χ4v) is 3.23. The molecule has 2 aromatic rings. The fourth-order valence-electron chi connectivity index (χ4n) is 1.44. The molecule has 0 bridgehead atoms. The van der Waals surface area contributed by atoms with Crippen molar-refractivity contribution in [3.63, 3.8) is 0 Å². The number of thioether (sulfide) groups is 1.